The fourth-order valence-electron chi connectivity index (χ4n) is 1.26. The molecule has 0 N–H and O–H groups in total. The molecule has 0 aliphatic rings. The van der Waals surface area contributed by atoms with Gasteiger partial charge in [0, 0.05) is 12.3 Å². The summed E-state index contributed by atoms with van der Waals surface area (Å²) in [6.07, 6.45) is 2.47. The normalized spacial score (nSPS) is 10.1. The van der Waals surface area contributed by atoms with Gasteiger partial charge in [0.15, 0.2) is 0 Å². The van der Waals surface area contributed by atoms with Gasteiger partial charge in [-0.25, -0.2) is 4.39 Å². The van der Waals surface area contributed by atoms with Gasteiger partial charge in [-0.1, -0.05) is 0 Å². The van der Waals surface area contributed by atoms with Crippen molar-refractivity contribution in [2.45, 2.75) is 0 Å². The van der Waals surface area contributed by atoms with Gasteiger partial charge in [-0.3, -0.25) is 15.1 Å². The largest absolute Gasteiger partial charge is 0.450 e. The summed E-state index contributed by atoms with van der Waals surface area (Å²) >= 11 is 3.01. The van der Waals surface area contributed by atoms with Crippen molar-refractivity contribution in [1.82, 2.24) is 4.98 Å². The van der Waals surface area contributed by atoms with Crippen LogP contribution in [0.1, 0.15) is 0 Å². The number of aromatic nitrogens is 1. The van der Waals surface area contributed by atoms with E-state index in [0.717, 1.165) is 6.20 Å². The molecule has 2 aromatic rings. The van der Waals surface area contributed by atoms with E-state index >= 15 is 0 Å². The predicted molar refractivity (Wildman–Crippen MR) is 65.1 cm³/mol. The molecule has 1 aromatic heterocycles. The van der Waals surface area contributed by atoms with E-state index in [1.165, 1.54) is 30.5 Å². The summed E-state index contributed by atoms with van der Waals surface area (Å²) in [6, 6.07) is 5.34. The number of halogens is 2. The molecule has 2 rings (SSSR count). The van der Waals surface area contributed by atoms with Crippen molar-refractivity contribution in [3.63, 3.8) is 0 Å². The Bertz CT molecular complexity index is 607. The number of benzene rings is 1. The first-order valence-electron chi connectivity index (χ1n) is 4.79. The number of hydrogen-bond acceptors (Lipinski definition) is 4. The maximum atomic E-state index is 13.0. The van der Waals surface area contributed by atoms with Gasteiger partial charge in [0.2, 0.25) is 5.75 Å². The lowest BCUT2D eigenvalue weighted by Crippen LogP contribution is -1.94. The van der Waals surface area contributed by atoms with Crippen LogP contribution in [-0.4, -0.2) is 9.91 Å². The molecular weight excluding hydrogens is 307 g/mol. The van der Waals surface area contributed by atoms with Crippen LogP contribution >= 0.6 is 15.9 Å². The molecule has 0 aliphatic carbocycles. The Balaban J connectivity index is 2.34. The molecule has 5 nitrogen and oxygen atoms in total. The van der Waals surface area contributed by atoms with Crippen LogP contribution in [0.2, 0.25) is 0 Å². The first kappa shape index (κ1) is 12.4. The standard InChI is InChI=1S/C11H6BrFN2O3/c12-8-5-7(1-2-9(8)13)18-11-3-4-14-6-10(11)15(16)17/h1-6H. The zero-order chi connectivity index (χ0) is 13.1. The lowest BCUT2D eigenvalue weighted by molar-refractivity contribution is -0.386. The molecule has 92 valence electrons. The first-order chi connectivity index (χ1) is 8.58. The average Bonchev–Trinajstić information content (AvgIpc) is 2.34. The van der Waals surface area contributed by atoms with E-state index in [0.29, 0.717) is 0 Å². The average molecular weight is 313 g/mol. The van der Waals surface area contributed by atoms with Crippen LogP contribution in [0.25, 0.3) is 0 Å². The Morgan fingerprint density at radius 3 is 2.83 bits per heavy atom. The predicted octanol–water partition coefficient (Wildman–Crippen LogP) is 3.68. The summed E-state index contributed by atoms with van der Waals surface area (Å²) < 4.78 is 18.6. The molecule has 7 heteroatoms. The third-order valence-corrected chi connectivity index (χ3v) is 2.68. The summed E-state index contributed by atoms with van der Waals surface area (Å²) in [5.41, 5.74) is -0.252. The van der Waals surface area contributed by atoms with Crippen molar-refractivity contribution in [3.05, 3.63) is 57.1 Å². The summed E-state index contributed by atoms with van der Waals surface area (Å²) in [7, 11) is 0. The number of nitrogens with zero attached hydrogens (tertiary/aromatic N) is 2. The zero-order valence-corrected chi connectivity index (χ0v) is 10.4. The highest BCUT2D eigenvalue weighted by atomic mass is 79.9. The van der Waals surface area contributed by atoms with Gasteiger partial charge in [-0.05, 0) is 34.1 Å². The van der Waals surface area contributed by atoms with Crippen LogP contribution in [0, 0.1) is 15.9 Å². The number of pyridine rings is 1. The second-order valence-electron chi connectivity index (χ2n) is 3.28. The second kappa shape index (κ2) is 5.09. The van der Waals surface area contributed by atoms with E-state index in [4.69, 9.17) is 4.74 Å². The molecule has 0 aliphatic heterocycles. The topological polar surface area (TPSA) is 65.3 Å². The highest BCUT2D eigenvalue weighted by Crippen LogP contribution is 2.31. The maximum Gasteiger partial charge on any atom is 0.329 e. The molecule has 0 amide bonds. The summed E-state index contributed by atoms with van der Waals surface area (Å²) in [5.74, 6) is -0.0994. The molecule has 1 heterocycles. The first-order valence-corrected chi connectivity index (χ1v) is 5.58. The minimum absolute atomic E-state index is 0.0495. The molecule has 1 aromatic carbocycles. The highest BCUT2D eigenvalue weighted by molar-refractivity contribution is 9.10. The van der Waals surface area contributed by atoms with Gasteiger partial charge in [0.05, 0.1) is 9.40 Å². The number of rotatable bonds is 3. The Morgan fingerprint density at radius 2 is 2.17 bits per heavy atom. The lowest BCUT2D eigenvalue weighted by Gasteiger charge is -2.06. The van der Waals surface area contributed by atoms with E-state index in [-0.39, 0.29) is 21.7 Å². The van der Waals surface area contributed by atoms with Crippen LogP contribution in [0.15, 0.2) is 41.1 Å². The van der Waals surface area contributed by atoms with Gasteiger partial charge < -0.3 is 4.74 Å². The van der Waals surface area contributed by atoms with Crippen LogP contribution in [-0.2, 0) is 0 Å². The maximum absolute atomic E-state index is 13.0. The molecule has 0 atom stereocenters. The molecule has 0 radical (unpaired) electrons. The second-order valence-corrected chi connectivity index (χ2v) is 4.13. The third kappa shape index (κ3) is 2.62. The molecular formula is C11H6BrFN2O3. The Hall–Kier alpha value is -2.02. The summed E-state index contributed by atoms with van der Waals surface area (Å²) in [4.78, 5) is 13.8. The van der Waals surface area contributed by atoms with Crippen LogP contribution in [0.5, 0.6) is 11.5 Å². The molecule has 0 bridgehead atoms. The molecule has 18 heavy (non-hydrogen) atoms. The minimum Gasteiger partial charge on any atom is -0.450 e. The fourth-order valence-corrected chi connectivity index (χ4v) is 1.62. The SMILES string of the molecule is O=[N+]([O-])c1cnccc1Oc1ccc(F)c(Br)c1. The van der Waals surface area contributed by atoms with E-state index < -0.39 is 10.7 Å². The van der Waals surface area contributed by atoms with Crippen molar-refractivity contribution in [2.24, 2.45) is 0 Å². The van der Waals surface area contributed by atoms with Gasteiger partial charge >= 0.3 is 5.69 Å². The smallest absolute Gasteiger partial charge is 0.329 e. The fraction of sp³-hybridized carbons (Fsp3) is 0. The van der Waals surface area contributed by atoms with Crippen LogP contribution < -0.4 is 4.74 Å². The van der Waals surface area contributed by atoms with Gasteiger partial charge in [0.1, 0.15) is 17.8 Å². The molecule has 0 spiro atoms. The van der Waals surface area contributed by atoms with E-state index in [9.17, 15) is 14.5 Å². The molecule has 0 saturated heterocycles. The van der Waals surface area contributed by atoms with E-state index in [1.807, 2.05) is 0 Å². The molecule has 0 unspecified atom stereocenters. The summed E-state index contributed by atoms with van der Waals surface area (Å²) in [6.45, 7) is 0. The van der Waals surface area contributed by atoms with Crippen LogP contribution in [0.4, 0.5) is 10.1 Å². The van der Waals surface area contributed by atoms with Crippen molar-refractivity contribution < 1.29 is 14.1 Å². The zero-order valence-electron chi connectivity index (χ0n) is 8.84. The lowest BCUT2D eigenvalue weighted by atomic mass is 10.3. The molecule has 0 saturated carbocycles. The Morgan fingerprint density at radius 1 is 1.39 bits per heavy atom. The van der Waals surface area contributed by atoms with Crippen molar-refractivity contribution >= 4 is 21.6 Å². The quantitative estimate of drug-likeness (QED) is 0.640. The molecule has 0 fully saturated rings. The van der Waals surface area contributed by atoms with Gasteiger partial charge in [-0.15, -0.1) is 0 Å². The van der Waals surface area contributed by atoms with Crippen molar-refractivity contribution in [3.8, 4) is 11.5 Å². The number of nitro groups is 1. The highest BCUT2D eigenvalue weighted by Gasteiger charge is 2.15. The monoisotopic (exact) mass is 312 g/mol. The van der Waals surface area contributed by atoms with Crippen molar-refractivity contribution in [1.29, 1.82) is 0 Å². The third-order valence-electron chi connectivity index (χ3n) is 2.08. The van der Waals surface area contributed by atoms with Crippen molar-refractivity contribution in [2.75, 3.05) is 0 Å². The van der Waals surface area contributed by atoms with E-state index in [1.54, 1.807) is 0 Å². The van der Waals surface area contributed by atoms with E-state index in [2.05, 4.69) is 20.9 Å². The van der Waals surface area contributed by atoms with Gasteiger partial charge in [-0.2, -0.15) is 0 Å². The summed E-state index contributed by atoms with van der Waals surface area (Å²) in [5, 5.41) is 10.7. The van der Waals surface area contributed by atoms with Gasteiger partial charge in [0.25, 0.3) is 0 Å². The number of ether oxygens (including phenoxy) is 1. The number of hydrogen-bond donors (Lipinski definition) is 0. The van der Waals surface area contributed by atoms with Crippen LogP contribution in [0.3, 0.4) is 0 Å². The minimum atomic E-state index is -0.596. The Labute approximate surface area is 110 Å². The Kier molecular flexibility index (Phi) is 3.52.